The Balaban J connectivity index is 2.01. The van der Waals surface area contributed by atoms with Crippen LogP contribution in [0.5, 0.6) is 0 Å². The molecule has 2 nitrogen and oxygen atoms in total. The Hall–Kier alpha value is -1.32. The van der Waals surface area contributed by atoms with Crippen molar-refractivity contribution in [2.45, 2.75) is 19.0 Å². The van der Waals surface area contributed by atoms with Gasteiger partial charge in [0.05, 0.1) is 6.04 Å². The molecular formula is C15H16BrNO. The van der Waals surface area contributed by atoms with Crippen LogP contribution >= 0.6 is 15.9 Å². The summed E-state index contributed by atoms with van der Waals surface area (Å²) in [6.07, 6.45) is 2.74. The highest BCUT2D eigenvalue weighted by atomic mass is 79.9. The average molecular weight is 306 g/mol. The van der Waals surface area contributed by atoms with Gasteiger partial charge >= 0.3 is 0 Å². The molecule has 1 unspecified atom stereocenters. The van der Waals surface area contributed by atoms with Crippen molar-refractivity contribution < 1.29 is 4.42 Å². The number of halogens is 1. The highest BCUT2D eigenvalue weighted by Gasteiger charge is 2.13. The van der Waals surface area contributed by atoms with Crippen LogP contribution in [0.4, 0.5) is 0 Å². The highest BCUT2D eigenvalue weighted by molar-refractivity contribution is 9.10. The minimum absolute atomic E-state index is 0.161. The number of furan rings is 1. The zero-order chi connectivity index (χ0) is 12.8. The van der Waals surface area contributed by atoms with Gasteiger partial charge in [-0.1, -0.05) is 36.4 Å². The predicted molar refractivity (Wildman–Crippen MR) is 77.2 cm³/mol. The molecule has 0 aliphatic heterocycles. The van der Waals surface area contributed by atoms with E-state index in [0.29, 0.717) is 0 Å². The van der Waals surface area contributed by atoms with Crippen LogP contribution in [0.1, 0.15) is 23.8 Å². The molecule has 0 radical (unpaired) electrons. The molecule has 0 fully saturated rings. The molecule has 1 aromatic carbocycles. The zero-order valence-corrected chi connectivity index (χ0v) is 11.7. The van der Waals surface area contributed by atoms with Crippen molar-refractivity contribution in [1.82, 2.24) is 5.32 Å². The SMILES string of the molecule is C=CCC(NCc1ccccc1)c1ccc(Br)o1. The first-order valence-corrected chi connectivity index (χ1v) is 6.72. The van der Waals surface area contributed by atoms with Crippen LogP contribution in [-0.4, -0.2) is 0 Å². The Morgan fingerprint density at radius 3 is 2.61 bits per heavy atom. The van der Waals surface area contributed by atoms with Crippen LogP contribution in [0.2, 0.25) is 0 Å². The van der Waals surface area contributed by atoms with Gasteiger partial charge in [0.15, 0.2) is 4.67 Å². The summed E-state index contributed by atoms with van der Waals surface area (Å²) in [5.74, 6) is 0.928. The third kappa shape index (κ3) is 3.59. The van der Waals surface area contributed by atoms with E-state index in [1.807, 2.05) is 36.4 Å². The molecule has 0 bridgehead atoms. The van der Waals surface area contributed by atoms with Crippen molar-refractivity contribution in [3.63, 3.8) is 0 Å². The first-order chi connectivity index (χ1) is 8.79. The molecule has 0 aliphatic carbocycles. The van der Waals surface area contributed by atoms with Crippen LogP contribution in [0.15, 0.2) is 64.2 Å². The van der Waals surface area contributed by atoms with E-state index in [4.69, 9.17) is 4.42 Å². The smallest absolute Gasteiger partial charge is 0.169 e. The maximum Gasteiger partial charge on any atom is 0.169 e. The molecule has 94 valence electrons. The monoisotopic (exact) mass is 305 g/mol. The lowest BCUT2D eigenvalue weighted by atomic mass is 10.1. The molecule has 1 atom stereocenters. The molecule has 18 heavy (non-hydrogen) atoms. The summed E-state index contributed by atoms with van der Waals surface area (Å²) in [4.78, 5) is 0. The average Bonchev–Trinajstić information content (AvgIpc) is 2.82. The summed E-state index contributed by atoms with van der Waals surface area (Å²) >= 11 is 3.33. The van der Waals surface area contributed by atoms with Crippen LogP contribution < -0.4 is 5.32 Å². The van der Waals surface area contributed by atoms with Gasteiger partial charge in [0.2, 0.25) is 0 Å². The lowest BCUT2D eigenvalue weighted by Crippen LogP contribution is -2.19. The molecule has 1 heterocycles. The number of hydrogen-bond acceptors (Lipinski definition) is 2. The summed E-state index contributed by atoms with van der Waals surface area (Å²) in [5, 5.41) is 3.48. The van der Waals surface area contributed by atoms with Crippen molar-refractivity contribution in [2.75, 3.05) is 0 Å². The molecule has 2 aromatic rings. The van der Waals surface area contributed by atoms with Crippen LogP contribution in [-0.2, 0) is 6.54 Å². The highest BCUT2D eigenvalue weighted by Crippen LogP contribution is 2.23. The molecule has 0 spiro atoms. The van der Waals surface area contributed by atoms with Crippen LogP contribution in [0.25, 0.3) is 0 Å². The topological polar surface area (TPSA) is 25.2 Å². The number of hydrogen-bond donors (Lipinski definition) is 1. The van der Waals surface area contributed by atoms with Gasteiger partial charge in [0.1, 0.15) is 5.76 Å². The Labute approximate surface area is 116 Å². The van der Waals surface area contributed by atoms with Crippen molar-refractivity contribution in [3.05, 3.63) is 71.1 Å². The van der Waals surface area contributed by atoms with E-state index in [0.717, 1.165) is 23.4 Å². The van der Waals surface area contributed by atoms with Gasteiger partial charge in [-0.25, -0.2) is 0 Å². The van der Waals surface area contributed by atoms with Crippen molar-refractivity contribution in [2.24, 2.45) is 0 Å². The molecule has 1 N–H and O–H groups in total. The Morgan fingerprint density at radius 2 is 2.00 bits per heavy atom. The fourth-order valence-corrected chi connectivity index (χ4v) is 2.14. The first-order valence-electron chi connectivity index (χ1n) is 5.93. The maximum atomic E-state index is 5.59. The quantitative estimate of drug-likeness (QED) is 0.798. The van der Waals surface area contributed by atoms with Gasteiger partial charge in [0, 0.05) is 6.54 Å². The van der Waals surface area contributed by atoms with E-state index >= 15 is 0 Å². The fraction of sp³-hybridized carbons (Fsp3) is 0.200. The number of rotatable bonds is 6. The minimum Gasteiger partial charge on any atom is -0.453 e. The summed E-state index contributed by atoms with van der Waals surface area (Å²) in [6.45, 7) is 4.61. The summed E-state index contributed by atoms with van der Waals surface area (Å²) < 4.78 is 6.35. The number of nitrogens with one attached hydrogen (secondary N) is 1. The molecule has 0 amide bonds. The van der Waals surface area contributed by atoms with Crippen molar-refractivity contribution >= 4 is 15.9 Å². The zero-order valence-electron chi connectivity index (χ0n) is 10.1. The molecule has 0 aliphatic rings. The van der Waals surface area contributed by atoms with E-state index in [9.17, 15) is 0 Å². The third-order valence-electron chi connectivity index (χ3n) is 2.74. The Morgan fingerprint density at radius 1 is 1.22 bits per heavy atom. The standard InChI is InChI=1S/C15H16BrNO/c1-2-6-13(14-9-10-15(16)18-14)17-11-12-7-4-3-5-8-12/h2-5,7-10,13,17H,1,6,11H2. The van der Waals surface area contributed by atoms with Crippen molar-refractivity contribution in [3.8, 4) is 0 Å². The molecule has 0 saturated carbocycles. The maximum absolute atomic E-state index is 5.59. The third-order valence-corrected chi connectivity index (χ3v) is 3.16. The van der Waals surface area contributed by atoms with Gasteiger partial charge in [-0.3, -0.25) is 0 Å². The second-order valence-electron chi connectivity index (χ2n) is 4.09. The van der Waals surface area contributed by atoms with Gasteiger partial charge in [-0.05, 0) is 40.0 Å². The van der Waals surface area contributed by atoms with Crippen molar-refractivity contribution in [1.29, 1.82) is 0 Å². The Kier molecular flexibility index (Phi) is 4.79. The van der Waals surface area contributed by atoms with E-state index in [2.05, 4.69) is 40.0 Å². The molecule has 0 saturated heterocycles. The molecule has 1 aromatic heterocycles. The van der Waals surface area contributed by atoms with Crippen LogP contribution in [0, 0.1) is 0 Å². The second-order valence-corrected chi connectivity index (χ2v) is 4.87. The van der Waals surface area contributed by atoms with Gasteiger partial charge in [0.25, 0.3) is 0 Å². The largest absolute Gasteiger partial charge is 0.453 e. The minimum atomic E-state index is 0.161. The van der Waals surface area contributed by atoms with E-state index in [1.54, 1.807) is 0 Å². The van der Waals surface area contributed by atoms with E-state index < -0.39 is 0 Å². The lowest BCUT2D eigenvalue weighted by molar-refractivity contribution is 0.402. The molecule has 2 rings (SSSR count). The van der Waals surface area contributed by atoms with Gasteiger partial charge in [-0.2, -0.15) is 0 Å². The normalized spacial score (nSPS) is 12.3. The summed E-state index contributed by atoms with van der Waals surface area (Å²) in [6, 6.07) is 14.4. The van der Waals surface area contributed by atoms with E-state index in [-0.39, 0.29) is 6.04 Å². The summed E-state index contributed by atoms with van der Waals surface area (Å²) in [5.41, 5.74) is 1.26. The van der Waals surface area contributed by atoms with Gasteiger partial charge in [-0.15, -0.1) is 6.58 Å². The lowest BCUT2D eigenvalue weighted by Gasteiger charge is -2.14. The first kappa shape index (κ1) is 13.1. The molecular weight excluding hydrogens is 290 g/mol. The Bertz CT molecular complexity index is 492. The van der Waals surface area contributed by atoms with Gasteiger partial charge < -0.3 is 9.73 Å². The number of benzene rings is 1. The second kappa shape index (κ2) is 6.57. The predicted octanol–water partition coefficient (Wildman–Crippen LogP) is 4.45. The van der Waals surface area contributed by atoms with Crippen LogP contribution in [0.3, 0.4) is 0 Å². The molecule has 3 heteroatoms. The summed E-state index contributed by atoms with van der Waals surface area (Å²) in [7, 11) is 0. The fourth-order valence-electron chi connectivity index (χ4n) is 1.82. The van der Waals surface area contributed by atoms with E-state index in [1.165, 1.54) is 5.56 Å².